The van der Waals surface area contributed by atoms with Gasteiger partial charge in [0.25, 0.3) is 0 Å². The molecule has 1 aliphatic carbocycles. The lowest BCUT2D eigenvalue weighted by Gasteiger charge is -2.25. The number of hydrogen-bond donors (Lipinski definition) is 2. The van der Waals surface area contributed by atoms with E-state index >= 15 is 0 Å². The quantitative estimate of drug-likeness (QED) is 0.593. The van der Waals surface area contributed by atoms with Crippen LogP contribution < -0.4 is 11.1 Å². The van der Waals surface area contributed by atoms with Gasteiger partial charge in [0.2, 0.25) is 21.9 Å². The Labute approximate surface area is 187 Å². The summed E-state index contributed by atoms with van der Waals surface area (Å²) >= 11 is 0. The number of hydrogen-bond acceptors (Lipinski definition) is 6. The molecule has 0 unspecified atom stereocenters. The number of nitrogens with one attached hydrogen (secondary N) is 1. The molecule has 1 amide bonds. The summed E-state index contributed by atoms with van der Waals surface area (Å²) in [4.78, 5) is 20.8. The average molecular weight is 452 g/mol. The van der Waals surface area contributed by atoms with E-state index < -0.39 is 10.0 Å². The molecule has 1 fully saturated rings. The smallest absolute Gasteiger partial charge is 0.242 e. The van der Waals surface area contributed by atoms with Gasteiger partial charge in [-0.3, -0.25) is 4.79 Å². The maximum Gasteiger partial charge on any atom is 0.242 e. The van der Waals surface area contributed by atoms with Crippen LogP contribution in [0, 0.1) is 5.92 Å². The summed E-state index contributed by atoms with van der Waals surface area (Å²) in [5.41, 5.74) is 9.27. The first-order chi connectivity index (χ1) is 15.3. The van der Waals surface area contributed by atoms with E-state index in [4.69, 9.17) is 5.73 Å². The molecule has 0 radical (unpaired) electrons. The molecule has 8 nitrogen and oxygen atoms in total. The Hall–Kier alpha value is -3.30. The lowest BCUT2D eigenvalue weighted by atomic mass is 9.84. The molecule has 0 aliphatic heterocycles. The monoisotopic (exact) mass is 451 g/mol. The second-order valence-electron chi connectivity index (χ2n) is 8.02. The van der Waals surface area contributed by atoms with E-state index in [9.17, 15) is 13.2 Å². The van der Waals surface area contributed by atoms with Crippen molar-refractivity contribution in [1.82, 2.24) is 14.3 Å². The predicted octanol–water partition coefficient (Wildman–Crippen LogP) is 3.38. The number of nitrogen functional groups attached to an aromatic ring is 1. The molecule has 1 aliphatic rings. The largest absolute Gasteiger partial charge is 0.368 e. The average Bonchev–Trinajstić information content (AvgIpc) is 2.73. The highest BCUT2D eigenvalue weighted by atomic mass is 32.2. The second-order valence-corrected chi connectivity index (χ2v) is 10.2. The third-order valence-electron chi connectivity index (χ3n) is 5.70. The third kappa shape index (κ3) is 4.35. The molecule has 3 aromatic rings. The fraction of sp³-hybridized carbons (Fsp3) is 0.261. The van der Waals surface area contributed by atoms with Gasteiger partial charge in [-0.2, -0.15) is 0 Å². The van der Waals surface area contributed by atoms with Crippen molar-refractivity contribution in [2.75, 3.05) is 25.1 Å². The minimum absolute atomic E-state index is 0.0147. The molecular weight excluding hydrogens is 426 g/mol. The Morgan fingerprint density at radius 2 is 1.62 bits per heavy atom. The van der Waals surface area contributed by atoms with Gasteiger partial charge in [-0.25, -0.2) is 22.7 Å². The van der Waals surface area contributed by atoms with Crippen molar-refractivity contribution >= 4 is 27.6 Å². The SMILES string of the molecule is CN(C)S(=O)(=O)c1ccc(NC(=O)C2CCC2)c(-c2ccc(-c3cnc(N)nc3)cc2)c1. The molecule has 0 bridgehead atoms. The normalized spacial score (nSPS) is 14.2. The maximum atomic E-state index is 12.7. The van der Waals surface area contributed by atoms with Crippen LogP contribution in [0.25, 0.3) is 22.3 Å². The molecule has 1 saturated carbocycles. The van der Waals surface area contributed by atoms with Crippen molar-refractivity contribution in [1.29, 1.82) is 0 Å². The van der Waals surface area contributed by atoms with Crippen LogP contribution in [0.3, 0.4) is 0 Å². The zero-order chi connectivity index (χ0) is 22.9. The summed E-state index contributed by atoms with van der Waals surface area (Å²) < 4.78 is 26.6. The molecule has 0 saturated heterocycles. The summed E-state index contributed by atoms with van der Waals surface area (Å²) in [6, 6.07) is 12.3. The first-order valence-corrected chi connectivity index (χ1v) is 11.8. The fourth-order valence-corrected chi connectivity index (χ4v) is 4.41. The van der Waals surface area contributed by atoms with Gasteiger partial charge in [0.05, 0.1) is 4.90 Å². The van der Waals surface area contributed by atoms with Gasteiger partial charge >= 0.3 is 0 Å². The van der Waals surface area contributed by atoms with E-state index in [1.807, 2.05) is 24.3 Å². The molecule has 32 heavy (non-hydrogen) atoms. The maximum absolute atomic E-state index is 12.7. The Morgan fingerprint density at radius 1 is 1.00 bits per heavy atom. The number of amides is 1. The number of aromatic nitrogens is 2. The molecule has 0 atom stereocenters. The minimum Gasteiger partial charge on any atom is -0.368 e. The number of carbonyl (C=O) groups is 1. The lowest BCUT2D eigenvalue weighted by molar-refractivity contribution is -0.122. The number of nitrogens with two attached hydrogens (primary N) is 1. The van der Waals surface area contributed by atoms with E-state index in [1.54, 1.807) is 24.5 Å². The zero-order valence-corrected chi connectivity index (χ0v) is 18.8. The van der Waals surface area contributed by atoms with Crippen LogP contribution in [0.1, 0.15) is 19.3 Å². The summed E-state index contributed by atoms with van der Waals surface area (Å²) in [6.07, 6.45) is 6.11. The van der Waals surface area contributed by atoms with E-state index in [0.717, 1.165) is 36.0 Å². The Kier molecular flexibility index (Phi) is 5.94. The van der Waals surface area contributed by atoms with Gasteiger partial charge in [0, 0.05) is 49.2 Å². The summed E-state index contributed by atoms with van der Waals surface area (Å²) in [5.74, 6) is 0.188. The summed E-state index contributed by atoms with van der Waals surface area (Å²) in [6.45, 7) is 0. The van der Waals surface area contributed by atoms with Gasteiger partial charge in [0.1, 0.15) is 0 Å². The van der Waals surface area contributed by atoms with Crippen LogP contribution in [0.15, 0.2) is 59.8 Å². The van der Waals surface area contributed by atoms with Crippen molar-refractivity contribution in [3.63, 3.8) is 0 Å². The molecule has 9 heteroatoms. The highest BCUT2D eigenvalue weighted by Gasteiger charge is 2.26. The van der Waals surface area contributed by atoms with Gasteiger partial charge in [0.15, 0.2) is 0 Å². The molecule has 166 valence electrons. The third-order valence-corrected chi connectivity index (χ3v) is 7.52. The number of sulfonamides is 1. The molecular formula is C23H25N5O3S. The number of anilines is 2. The van der Waals surface area contributed by atoms with Gasteiger partial charge in [-0.1, -0.05) is 30.7 Å². The van der Waals surface area contributed by atoms with Crippen molar-refractivity contribution < 1.29 is 13.2 Å². The number of rotatable bonds is 6. The van der Waals surface area contributed by atoms with E-state index in [2.05, 4.69) is 15.3 Å². The highest BCUT2D eigenvalue weighted by molar-refractivity contribution is 7.89. The lowest BCUT2D eigenvalue weighted by Crippen LogP contribution is -2.28. The fourth-order valence-electron chi connectivity index (χ4n) is 3.48. The van der Waals surface area contributed by atoms with Crippen LogP contribution in [0.5, 0.6) is 0 Å². The summed E-state index contributed by atoms with van der Waals surface area (Å²) in [7, 11) is -0.644. The van der Waals surface area contributed by atoms with Crippen LogP contribution >= 0.6 is 0 Å². The standard InChI is InChI=1S/C23H25N5O3S/c1-28(2)32(30,31)19-10-11-21(27-22(29)17-4-3-5-17)20(12-19)16-8-6-15(7-9-16)18-13-25-23(24)26-14-18/h6-14,17H,3-5H2,1-2H3,(H,27,29)(H2,24,25,26). The second kappa shape index (κ2) is 8.68. The van der Waals surface area contributed by atoms with Gasteiger partial charge < -0.3 is 11.1 Å². The Balaban J connectivity index is 1.73. The highest BCUT2D eigenvalue weighted by Crippen LogP contribution is 2.34. The van der Waals surface area contributed by atoms with Crippen molar-refractivity contribution in [2.24, 2.45) is 5.92 Å². The Bertz CT molecular complexity index is 1240. The topological polar surface area (TPSA) is 118 Å². The van der Waals surface area contributed by atoms with Crippen molar-refractivity contribution in [3.8, 4) is 22.3 Å². The van der Waals surface area contributed by atoms with Gasteiger partial charge in [-0.15, -0.1) is 0 Å². The molecule has 1 aromatic heterocycles. The first kappa shape index (κ1) is 21.9. The van der Waals surface area contributed by atoms with Gasteiger partial charge in [-0.05, 0) is 42.2 Å². The molecule has 0 spiro atoms. The van der Waals surface area contributed by atoms with E-state index in [-0.39, 0.29) is 22.7 Å². The van der Waals surface area contributed by atoms with Crippen LogP contribution in [-0.4, -0.2) is 42.7 Å². The van der Waals surface area contributed by atoms with E-state index in [1.165, 1.54) is 24.5 Å². The molecule has 4 rings (SSSR count). The van der Waals surface area contributed by atoms with Crippen LogP contribution in [0.2, 0.25) is 0 Å². The van der Waals surface area contributed by atoms with Crippen LogP contribution in [0.4, 0.5) is 11.6 Å². The van der Waals surface area contributed by atoms with Crippen molar-refractivity contribution in [3.05, 3.63) is 54.9 Å². The molecule has 1 heterocycles. The predicted molar refractivity (Wildman–Crippen MR) is 124 cm³/mol. The number of benzene rings is 2. The Morgan fingerprint density at radius 3 is 2.19 bits per heavy atom. The molecule has 2 aromatic carbocycles. The van der Waals surface area contributed by atoms with E-state index in [0.29, 0.717) is 11.3 Å². The zero-order valence-electron chi connectivity index (χ0n) is 17.9. The number of carbonyl (C=O) groups excluding carboxylic acids is 1. The summed E-state index contributed by atoms with van der Waals surface area (Å²) in [5, 5.41) is 2.99. The first-order valence-electron chi connectivity index (χ1n) is 10.3. The van der Waals surface area contributed by atoms with Crippen LogP contribution in [-0.2, 0) is 14.8 Å². The molecule has 3 N–H and O–H groups in total. The minimum atomic E-state index is -3.63. The number of nitrogens with zero attached hydrogens (tertiary/aromatic N) is 3. The van der Waals surface area contributed by atoms with Crippen molar-refractivity contribution in [2.45, 2.75) is 24.2 Å².